The van der Waals surface area contributed by atoms with Crippen LogP contribution in [0, 0.1) is 5.92 Å². The van der Waals surface area contributed by atoms with Crippen LogP contribution in [0.1, 0.15) is 50.6 Å². The standard InChI is InChI=1S/C15H20BrNO/c1-10-4-2-3-7-15(10)9-13(17)12-8-11(16)5-6-14(12)18-15/h5-6,8,10,13H,2-4,7,9,17H2,1H3/t10?,13-,15?/m0/s1. The van der Waals surface area contributed by atoms with Crippen molar-refractivity contribution in [2.75, 3.05) is 0 Å². The molecule has 1 aliphatic carbocycles. The maximum atomic E-state index is 6.40. The predicted molar refractivity (Wildman–Crippen MR) is 76.7 cm³/mol. The molecule has 1 aliphatic heterocycles. The first-order valence-corrected chi connectivity index (χ1v) is 7.64. The fourth-order valence-corrected chi connectivity index (χ4v) is 3.86. The summed E-state index contributed by atoms with van der Waals surface area (Å²) >= 11 is 3.51. The van der Waals surface area contributed by atoms with Crippen molar-refractivity contribution in [3.63, 3.8) is 0 Å². The number of rotatable bonds is 0. The zero-order valence-electron chi connectivity index (χ0n) is 10.8. The molecule has 3 atom stereocenters. The van der Waals surface area contributed by atoms with Gasteiger partial charge in [0.2, 0.25) is 0 Å². The second-order valence-corrected chi connectivity index (χ2v) is 6.72. The lowest BCUT2D eigenvalue weighted by Gasteiger charge is -2.47. The smallest absolute Gasteiger partial charge is 0.125 e. The minimum Gasteiger partial charge on any atom is -0.487 e. The van der Waals surface area contributed by atoms with Gasteiger partial charge in [0.05, 0.1) is 0 Å². The fourth-order valence-electron chi connectivity index (χ4n) is 3.48. The Morgan fingerprint density at radius 2 is 2.22 bits per heavy atom. The van der Waals surface area contributed by atoms with Crippen LogP contribution in [0.5, 0.6) is 5.75 Å². The van der Waals surface area contributed by atoms with Crippen LogP contribution in [0.3, 0.4) is 0 Å². The Labute approximate surface area is 117 Å². The summed E-state index contributed by atoms with van der Waals surface area (Å²) in [4.78, 5) is 0. The third-order valence-electron chi connectivity index (χ3n) is 4.64. The first-order chi connectivity index (χ1) is 8.61. The van der Waals surface area contributed by atoms with Gasteiger partial charge in [-0.3, -0.25) is 0 Å². The molecule has 2 aliphatic rings. The summed E-state index contributed by atoms with van der Waals surface area (Å²) in [6, 6.07) is 6.30. The topological polar surface area (TPSA) is 35.2 Å². The first kappa shape index (κ1) is 12.5. The molecule has 0 saturated heterocycles. The third kappa shape index (κ3) is 1.97. The van der Waals surface area contributed by atoms with Crippen molar-refractivity contribution in [2.24, 2.45) is 11.7 Å². The van der Waals surface area contributed by atoms with E-state index in [1.807, 2.05) is 6.07 Å². The van der Waals surface area contributed by atoms with E-state index in [1.165, 1.54) is 19.3 Å². The highest BCUT2D eigenvalue weighted by atomic mass is 79.9. The zero-order valence-corrected chi connectivity index (χ0v) is 12.4. The van der Waals surface area contributed by atoms with Crippen molar-refractivity contribution >= 4 is 15.9 Å². The molecule has 0 amide bonds. The third-order valence-corrected chi connectivity index (χ3v) is 5.13. The molecule has 1 spiro atoms. The maximum Gasteiger partial charge on any atom is 0.125 e. The number of halogens is 1. The minimum absolute atomic E-state index is 0.0154. The Balaban J connectivity index is 1.98. The highest BCUT2D eigenvalue weighted by molar-refractivity contribution is 9.10. The van der Waals surface area contributed by atoms with Gasteiger partial charge in [0, 0.05) is 22.5 Å². The van der Waals surface area contributed by atoms with Gasteiger partial charge < -0.3 is 10.5 Å². The lowest BCUT2D eigenvalue weighted by molar-refractivity contribution is -0.0407. The summed E-state index contributed by atoms with van der Waals surface area (Å²) in [5.74, 6) is 1.60. The molecule has 98 valence electrons. The van der Waals surface area contributed by atoms with Crippen molar-refractivity contribution < 1.29 is 4.74 Å². The number of fused-ring (bicyclic) bond motifs is 1. The Morgan fingerprint density at radius 3 is 3.00 bits per heavy atom. The first-order valence-electron chi connectivity index (χ1n) is 6.85. The molecule has 3 heteroatoms. The van der Waals surface area contributed by atoms with Crippen molar-refractivity contribution in [3.8, 4) is 5.75 Å². The van der Waals surface area contributed by atoms with E-state index in [1.54, 1.807) is 0 Å². The quantitative estimate of drug-likeness (QED) is 0.780. The van der Waals surface area contributed by atoms with Crippen LogP contribution < -0.4 is 10.5 Å². The number of ether oxygens (including phenoxy) is 1. The Hall–Kier alpha value is -0.540. The molecule has 0 aromatic heterocycles. The van der Waals surface area contributed by atoms with E-state index >= 15 is 0 Å². The van der Waals surface area contributed by atoms with Crippen LogP contribution in [0.2, 0.25) is 0 Å². The van der Waals surface area contributed by atoms with Crippen molar-refractivity contribution in [1.29, 1.82) is 0 Å². The van der Waals surface area contributed by atoms with Gasteiger partial charge in [-0.05, 0) is 43.4 Å². The van der Waals surface area contributed by atoms with E-state index in [-0.39, 0.29) is 11.6 Å². The molecule has 3 rings (SSSR count). The predicted octanol–water partition coefficient (Wildman–Crippen LogP) is 4.18. The Bertz CT molecular complexity index is 462. The van der Waals surface area contributed by atoms with Crippen LogP contribution in [0.15, 0.2) is 22.7 Å². The molecule has 18 heavy (non-hydrogen) atoms. The van der Waals surface area contributed by atoms with Crippen LogP contribution >= 0.6 is 15.9 Å². The van der Waals surface area contributed by atoms with E-state index in [0.717, 1.165) is 28.6 Å². The summed E-state index contributed by atoms with van der Waals surface area (Å²) in [5, 5.41) is 0. The van der Waals surface area contributed by atoms with Gasteiger partial charge in [-0.1, -0.05) is 29.3 Å². The summed E-state index contributed by atoms with van der Waals surface area (Å²) in [5.41, 5.74) is 7.51. The average molecular weight is 310 g/mol. The SMILES string of the molecule is CC1CCCCC12C[C@H](N)c1cc(Br)ccc1O2. The second-order valence-electron chi connectivity index (χ2n) is 5.81. The van der Waals surface area contributed by atoms with Crippen LogP contribution in [-0.4, -0.2) is 5.60 Å². The average Bonchev–Trinajstić information content (AvgIpc) is 2.34. The molecule has 2 unspecified atom stereocenters. The molecule has 1 aromatic carbocycles. The number of benzene rings is 1. The molecule has 2 N–H and O–H groups in total. The van der Waals surface area contributed by atoms with Crippen molar-refractivity contribution in [2.45, 2.75) is 50.7 Å². The molecular formula is C15H20BrNO. The summed E-state index contributed by atoms with van der Waals surface area (Å²) in [6.07, 6.45) is 5.96. The van der Waals surface area contributed by atoms with Gasteiger partial charge in [0.1, 0.15) is 11.4 Å². The Kier molecular flexibility index (Phi) is 3.15. The molecular weight excluding hydrogens is 290 g/mol. The normalized spacial score (nSPS) is 35.1. The molecule has 1 heterocycles. The fraction of sp³-hybridized carbons (Fsp3) is 0.600. The van der Waals surface area contributed by atoms with Crippen molar-refractivity contribution in [1.82, 2.24) is 0 Å². The van der Waals surface area contributed by atoms with Crippen LogP contribution in [0.25, 0.3) is 0 Å². The highest BCUT2D eigenvalue weighted by Crippen LogP contribution is 2.48. The van der Waals surface area contributed by atoms with E-state index in [0.29, 0.717) is 5.92 Å². The van der Waals surface area contributed by atoms with Crippen molar-refractivity contribution in [3.05, 3.63) is 28.2 Å². The number of nitrogens with two attached hydrogens (primary N) is 1. The molecule has 0 bridgehead atoms. The van der Waals surface area contributed by atoms with Gasteiger partial charge >= 0.3 is 0 Å². The van der Waals surface area contributed by atoms with E-state index < -0.39 is 0 Å². The lowest BCUT2D eigenvalue weighted by atomic mass is 9.71. The monoisotopic (exact) mass is 309 g/mol. The van der Waals surface area contributed by atoms with Gasteiger partial charge in [-0.25, -0.2) is 0 Å². The van der Waals surface area contributed by atoms with Gasteiger partial charge in [0.25, 0.3) is 0 Å². The second kappa shape index (κ2) is 4.53. The summed E-state index contributed by atoms with van der Waals surface area (Å²) in [7, 11) is 0. The van der Waals surface area contributed by atoms with Gasteiger partial charge in [0.15, 0.2) is 0 Å². The van der Waals surface area contributed by atoms with E-state index in [2.05, 4.69) is 35.0 Å². The minimum atomic E-state index is -0.0154. The summed E-state index contributed by atoms with van der Waals surface area (Å²) in [6.45, 7) is 2.32. The van der Waals surface area contributed by atoms with Gasteiger partial charge in [-0.2, -0.15) is 0 Å². The molecule has 1 fully saturated rings. The largest absolute Gasteiger partial charge is 0.487 e. The molecule has 1 saturated carbocycles. The number of hydrogen-bond acceptors (Lipinski definition) is 2. The summed E-state index contributed by atoms with van der Waals surface area (Å²) < 4.78 is 7.47. The van der Waals surface area contributed by atoms with Gasteiger partial charge in [-0.15, -0.1) is 0 Å². The van der Waals surface area contributed by atoms with E-state index in [4.69, 9.17) is 10.5 Å². The number of hydrogen-bond donors (Lipinski definition) is 1. The Morgan fingerprint density at radius 1 is 1.39 bits per heavy atom. The zero-order chi connectivity index (χ0) is 12.8. The van der Waals surface area contributed by atoms with Crippen LogP contribution in [-0.2, 0) is 0 Å². The molecule has 2 nitrogen and oxygen atoms in total. The lowest BCUT2D eigenvalue weighted by Crippen LogP contribution is -2.49. The molecule has 0 radical (unpaired) electrons. The maximum absolute atomic E-state index is 6.40. The van der Waals surface area contributed by atoms with E-state index in [9.17, 15) is 0 Å². The van der Waals surface area contributed by atoms with Crippen LogP contribution in [0.4, 0.5) is 0 Å². The highest BCUT2D eigenvalue weighted by Gasteiger charge is 2.45. The molecule has 1 aromatic rings.